The van der Waals surface area contributed by atoms with Crippen LogP contribution in [0.25, 0.3) is 6.08 Å². The van der Waals surface area contributed by atoms with Crippen molar-refractivity contribution in [2.45, 2.75) is 55.3 Å². The van der Waals surface area contributed by atoms with Gasteiger partial charge in [0.2, 0.25) is 6.29 Å². The smallest absolute Gasteiger partial charge is 0.333 e. The molecular formula is C20H26O11. The van der Waals surface area contributed by atoms with E-state index in [4.69, 9.17) is 24.1 Å². The fourth-order valence-electron chi connectivity index (χ4n) is 3.23. The standard InChI is InChI=1S/C20H26O11/c21-8-11-14(23)17(26)19(29-11)28-9-12-15(24)16(25)18(27)20(30-12)31-13(22)7-6-10-4-2-1-3-5-10/h1-7,11-12,14-21,23-27H,8-9H2/b7-6+. The lowest BCUT2D eigenvalue weighted by Crippen LogP contribution is -2.59. The first-order chi connectivity index (χ1) is 14.8. The first-order valence-electron chi connectivity index (χ1n) is 9.69. The molecule has 11 nitrogen and oxygen atoms in total. The van der Waals surface area contributed by atoms with Crippen LogP contribution in [0.4, 0.5) is 0 Å². The molecule has 2 fully saturated rings. The van der Waals surface area contributed by atoms with Crippen LogP contribution in [0.1, 0.15) is 5.56 Å². The second-order valence-corrected chi connectivity index (χ2v) is 7.24. The predicted octanol–water partition coefficient (Wildman–Crippen LogP) is -2.49. The van der Waals surface area contributed by atoms with E-state index in [0.717, 1.165) is 11.6 Å². The molecule has 2 aliphatic rings. The molecule has 3 rings (SSSR count). The van der Waals surface area contributed by atoms with Crippen LogP contribution in [0.3, 0.4) is 0 Å². The summed E-state index contributed by atoms with van der Waals surface area (Å²) in [7, 11) is 0. The van der Waals surface area contributed by atoms with Gasteiger partial charge in [0.1, 0.15) is 42.7 Å². The van der Waals surface area contributed by atoms with Crippen LogP contribution in [-0.2, 0) is 23.7 Å². The van der Waals surface area contributed by atoms with Gasteiger partial charge in [0, 0.05) is 6.08 Å². The fraction of sp³-hybridized carbons (Fsp3) is 0.550. The van der Waals surface area contributed by atoms with Crippen molar-refractivity contribution < 1.29 is 54.4 Å². The highest BCUT2D eigenvalue weighted by atomic mass is 16.7. The van der Waals surface area contributed by atoms with E-state index in [1.54, 1.807) is 24.3 Å². The second kappa shape index (κ2) is 10.6. The number of aliphatic hydroxyl groups is 6. The normalized spacial score (nSPS) is 38.5. The average molecular weight is 442 g/mol. The summed E-state index contributed by atoms with van der Waals surface area (Å²) in [6, 6.07) is 8.92. The quantitative estimate of drug-likeness (QED) is 0.195. The van der Waals surface area contributed by atoms with Gasteiger partial charge in [-0.2, -0.15) is 0 Å². The molecular weight excluding hydrogens is 416 g/mol. The Bertz CT molecular complexity index is 742. The minimum atomic E-state index is -1.71. The Balaban J connectivity index is 1.57. The van der Waals surface area contributed by atoms with Crippen LogP contribution < -0.4 is 0 Å². The molecule has 9 unspecified atom stereocenters. The van der Waals surface area contributed by atoms with Gasteiger partial charge in [0.25, 0.3) is 0 Å². The number of hydrogen-bond acceptors (Lipinski definition) is 11. The lowest BCUT2D eigenvalue weighted by atomic mass is 9.99. The summed E-state index contributed by atoms with van der Waals surface area (Å²) in [6.45, 7) is -0.981. The molecule has 31 heavy (non-hydrogen) atoms. The summed E-state index contributed by atoms with van der Waals surface area (Å²) in [4.78, 5) is 12.1. The molecule has 0 aliphatic carbocycles. The minimum absolute atomic E-state index is 0.439. The number of benzene rings is 1. The molecule has 0 spiro atoms. The zero-order valence-electron chi connectivity index (χ0n) is 16.4. The highest BCUT2D eigenvalue weighted by molar-refractivity contribution is 5.87. The molecule has 0 bridgehead atoms. The Labute approximate surface area is 177 Å². The van der Waals surface area contributed by atoms with Crippen molar-refractivity contribution >= 4 is 12.0 Å². The third-order valence-corrected chi connectivity index (χ3v) is 5.04. The molecule has 172 valence electrons. The van der Waals surface area contributed by atoms with E-state index in [0.29, 0.717) is 0 Å². The first-order valence-corrected chi connectivity index (χ1v) is 9.69. The molecule has 0 amide bonds. The summed E-state index contributed by atoms with van der Waals surface area (Å²) >= 11 is 0. The Kier molecular flexibility index (Phi) is 8.11. The van der Waals surface area contributed by atoms with Crippen molar-refractivity contribution in [3.8, 4) is 0 Å². The van der Waals surface area contributed by atoms with Gasteiger partial charge in [-0.05, 0) is 11.6 Å². The predicted molar refractivity (Wildman–Crippen MR) is 102 cm³/mol. The number of rotatable bonds is 7. The number of esters is 1. The van der Waals surface area contributed by atoms with E-state index in [2.05, 4.69) is 0 Å². The van der Waals surface area contributed by atoms with Gasteiger partial charge in [0.15, 0.2) is 6.29 Å². The van der Waals surface area contributed by atoms with Crippen LogP contribution in [0.15, 0.2) is 36.4 Å². The van der Waals surface area contributed by atoms with Crippen LogP contribution in [0.2, 0.25) is 0 Å². The van der Waals surface area contributed by atoms with Gasteiger partial charge in [-0.25, -0.2) is 4.79 Å². The zero-order chi connectivity index (χ0) is 22.5. The number of aliphatic hydroxyl groups excluding tert-OH is 6. The molecule has 11 heteroatoms. The van der Waals surface area contributed by atoms with Crippen molar-refractivity contribution in [1.82, 2.24) is 0 Å². The van der Waals surface area contributed by atoms with E-state index in [-0.39, 0.29) is 0 Å². The van der Waals surface area contributed by atoms with Crippen LogP contribution in [0.5, 0.6) is 0 Å². The van der Waals surface area contributed by atoms with Crippen molar-refractivity contribution in [3.05, 3.63) is 42.0 Å². The van der Waals surface area contributed by atoms with Crippen LogP contribution in [0, 0.1) is 0 Å². The highest BCUT2D eigenvalue weighted by Crippen LogP contribution is 2.26. The zero-order valence-corrected chi connectivity index (χ0v) is 16.4. The molecule has 9 atom stereocenters. The number of carbonyl (C=O) groups excluding carboxylic acids is 1. The largest absolute Gasteiger partial charge is 0.430 e. The summed E-state index contributed by atoms with van der Waals surface area (Å²) in [6.07, 6.45) is -10.4. The van der Waals surface area contributed by atoms with E-state index in [9.17, 15) is 30.3 Å². The van der Waals surface area contributed by atoms with Crippen molar-refractivity contribution in [2.24, 2.45) is 0 Å². The van der Waals surface area contributed by atoms with E-state index in [1.165, 1.54) is 6.08 Å². The van der Waals surface area contributed by atoms with Gasteiger partial charge < -0.3 is 49.6 Å². The number of carbonyl (C=O) groups is 1. The van der Waals surface area contributed by atoms with E-state index >= 15 is 0 Å². The Hall–Kier alpha value is -1.93. The number of ether oxygens (including phenoxy) is 4. The van der Waals surface area contributed by atoms with E-state index < -0.39 is 74.5 Å². The molecule has 0 saturated carbocycles. The molecule has 1 aromatic carbocycles. The minimum Gasteiger partial charge on any atom is -0.430 e. The third kappa shape index (κ3) is 5.66. The molecule has 0 aromatic heterocycles. The second-order valence-electron chi connectivity index (χ2n) is 7.24. The maximum absolute atomic E-state index is 12.1. The Morgan fingerprint density at radius 2 is 1.48 bits per heavy atom. The third-order valence-electron chi connectivity index (χ3n) is 5.04. The Morgan fingerprint density at radius 1 is 0.871 bits per heavy atom. The summed E-state index contributed by atoms with van der Waals surface area (Å²) in [5.74, 6) is -0.848. The molecule has 1 aromatic rings. The molecule has 0 radical (unpaired) electrons. The SMILES string of the molecule is O=C(/C=C/c1ccccc1)OC1OC(COC2OC(CO)C(O)C2O)C(O)C(O)C1O. The fourth-order valence-corrected chi connectivity index (χ4v) is 3.23. The van der Waals surface area contributed by atoms with Gasteiger partial charge in [-0.1, -0.05) is 30.3 Å². The lowest BCUT2D eigenvalue weighted by Gasteiger charge is -2.39. The van der Waals surface area contributed by atoms with Crippen LogP contribution >= 0.6 is 0 Å². The van der Waals surface area contributed by atoms with Gasteiger partial charge in [0.05, 0.1) is 13.2 Å². The number of hydrogen-bond donors (Lipinski definition) is 6. The maximum Gasteiger partial charge on any atom is 0.333 e. The van der Waals surface area contributed by atoms with Crippen LogP contribution in [-0.4, -0.2) is 105 Å². The highest BCUT2D eigenvalue weighted by Gasteiger charge is 2.47. The van der Waals surface area contributed by atoms with E-state index in [1.807, 2.05) is 6.07 Å². The van der Waals surface area contributed by atoms with Crippen molar-refractivity contribution in [3.63, 3.8) is 0 Å². The molecule has 6 N–H and O–H groups in total. The first kappa shape index (κ1) is 23.7. The van der Waals surface area contributed by atoms with Crippen molar-refractivity contribution in [2.75, 3.05) is 13.2 Å². The monoisotopic (exact) mass is 442 g/mol. The van der Waals surface area contributed by atoms with Gasteiger partial charge in [-0.3, -0.25) is 0 Å². The molecule has 2 heterocycles. The van der Waals surface area contributed by atoms with Gasteiger partial charge >= 0.3 is 5.97 Å². The maximum atomic E-state index is 12.1. The Morgan fingerprint density at radius 3 is 2.13 bits per heavy atom. The molecule has 2 aliphatic heterocycles. The van der Waals surface area contributed by atoms with Gasteiger partial charge in [-0.15, -0.1) is 0 Å². The average Bonchev–Trinajstić information content (AvgIpc) is 3.05. The van der Waals surface area contributed by atoms with Crippen molar-refractivity contribution in [1.29, 1.82) is 0 Å². The summed E-state index contributed by atoms with van der Waals surface area (Å²) < 4.78 is 20.9. The topological polar surface area (TPSA) is 175 Å². The summed E-state index contributed by atoms with van der Waals surface area (Å²) in [5.41, 5.74) is 0.741. The summed E-state index contributed by atoms with van der Waals surface area (Å²) in [5, 5.41) is 59.0. The molecule has 2 saturated heterocycles. The lowest BCUT2D eigenvalue weighted by molar-refractivity contribution is -0.301.